The standard InChI is InChI=1S/C27H21NO5/c1-18-8-12-21(13-9-18)26-28-22(27(30)33-26)16-20-10-14-23(24(17-20)31-2)32-25(29)15-11-19-6-4-3-5-7-19/h3-17H,1-2H3/b15-11+,22-16-. The maximum atomic E-state index is 12.3. The molecule has 0 unspecified atom stereocenters. The van der Waals surface area contributed by atoms with Gasteiger partial charge >= 0.3 is 11.9 Å². The molecular weight excluding hydrogens is 418 g/mol. The molecule has 0 amide bonds. The number of hydrogen-bond donors (Lipinski definition) is 0. The lowest BCUT2D eigenvalue weighted by Crippen LogP contribution is -2.05. The molecule has 0 radical (unpaired) electrons. The molecule has 0 spiro atoms. The van der Waals surface area contributed by atoms with Gasteiger partial charge in [-0.3, -0.25) is 0 Å². The van der Waals surface area contributed by atoms with E-state index < -0.39 is 11.9 Å². The second kappa shape index (κ2) is 9.78. The van der Waals surface area contributed by atoms with E-state index in [1.165, 1.54) is 13.2 Å². The molecule has 33 heavy (non-hydrogen) atoms. The Kier molecular flexibility index (Phi) is 6.45. The van der Waals surface area contributed by atoms with Gasteiger partial charge in [-0.2, -0.15) is 0 Å². The molecule has 0 saturated carbocycles. The Hall–Kier alpha value is -4.45. The van der Waals surface area contributed by atoms with Crippen LogP contribution < -0.4 is 9.47 Å². The molecule has 0 aliphatic carbocycles. The van der Waals surface area contributed by atoms with Crippen molar-refractivity contribution in [1.82, 2.24) is 0 Å². The zero-order chi connectivity index (χ0) is 23.2. The summed E-state index contributed by atoms with van der Waals surface area (Å²) in [5.41, 5.74) is 3.52. The average molecular weight is 439 g/mol. The van der Waals surface area contributed by atoms with Gasteiger partial charge in [-0.1, -0.05) is 54.1 Å². The van der Waals surface area contributed by atoms with Crippen LogP contribution in [0.5, 0.6) is 11.5 Å². The highest BCUT2D eigenvalue weighted by molar-refractivity contribution is 6.12. The van der Waals surface area contributed by atoms with E-state index in [9.17, 15) is 9.59 Å². The van der Waals surface area contributed by atoms with Gasteiger partial charge in [-0.25, -0.2) is 14.6 Å². The Morgan fingerprint density at radius 1 is 0.939 bits per heavy atom. The van der Waals surface area contributed by atoms with E-state index in [0.717, 1.165) is 16.7 Å². The number of aryl methyl sites for hydroxylation is 1. The van der Waals surface area contributed by atoms with Gasteiger partial charge in [-0.05, 0) is 54.5 Å². The molecule has 164 valence electrons. The Bertz CT molecular complexity index is 1270. The number of carbonyl (C=O) groups excluding carboxylic acids is 2. The number of benzene rings is 3. The Morgan fingerprint density at radius 3 is 2.42 bits per heavy atom. The summed E-state index contributed by atoms with van der Waals surface area (Å²) in [6.07, 6.45) is 4.61. The molecule has 4 rings (SSSR count). The van der Waals surface area contributed by atoms with E-state index in [1.54, 1.807) is 30.4 Å². The van der Waals surface area contributed by atoms with E-state index in [1.807, 2.05) is 61.5 Å². The third kappa shape index (κ3) is 5.43. The van der Waals surface area contributed by atoms with Crippen molar-refractivity contribution < 1.29 is 23.8 Å². The molecule has 0 N–H and O–H groups in total. The second-order valence-electron chi connectivity index (χ2n) is 7.28. The molecule has 1 heterocycles. The van der Waals surface area contributed by atoms with Crippen LogP contribution >= 0.6 is 0 Å². The number of rotatable bonds is 6. The van der Waals surface area contributed by atoms with E-state index >= 15 is 0 Å². The van der Waals surface area contributed by atoms with Crippen LogP contribution in [0.4, 0.5) is 0 Å². The SMILES string of the molecule is COc1cc(/C=C2\N=C(c3ccc(C)cc3)OC2=O)ccc1OC(=O)/C=C/c1ccccc1. The highest BCUT2D eigenvalue weighted by Gasteiger charge is 2.24. The van der Waals surface area contributed by atoms with Crippen molar-refractivity contribution in [2.75, 3.05) is 7.11 Å². The molecule has 0 fully saturated rings. The van der Waals surface area contributed by atoms with Crippen LogP contribution in [0.1, 0.15) is 22.3 Å². The van der Waals surface area contributed by atoms with Crippen LogP contribution in [0, 0.1) is 6.92 Å². The van der Waals surface area contributed by atoms with Crippen molar-refractivity contribution in [2.45, 2.75) is 6.92 Å². The topological polar surface area (TPSA) is 74.2 Å². The summed E-state index contributed by atoms with van der Waals surface area (Å²) in [7, 11) is 1.47. The molecule has 3 aromatic carbocycles. The van der Waals surface area contributed by atoms with Crippen LogP contribution in [-0.2, 0) is 14.3 Å². The number of nitrogens with zero attached hydrogens (tertiary/aromatic N) is 1. The normalized spacial score (nSPS) is 14.3. The van der Waals surface area contributed by atoms with E-state index in [0.29, 0.717) is 11.3 Å². The maximum Gasteiger partial charge on any atom is 0.363 e. The number of esters is 2. The van der Waals surface area contributed by atoms with Gasteiger partial charge in [0.1, 0.15) is 0 Å². The Labute approximate surface area is 191 Å². The van der Waals surface area contributed by atoms with E-state index in [-0.39, 0.29) is 17.3 Å². The quantitative estimate of drug-likeness (QED) is 0.308. The summed E-state index contributed by atoms with van der Waals surface area (Å²) in [6, 6.07) is 21.9. The Morgan fingerprint density at radius 2 is 1.70 bits per heavy atom. The van der Waals surface area contributed by atoms with Crippen molar-refractivity contribution in [2.24, 2.45) is 4.99 Å². The maximum absolute atomic E-state index is 12.3. The van der Waals surface area contributed by atoms with Crippen molar-refractivity contribution in [3.63, 3.8) is 0 Å². The minimum absolute atomic E-state index is 0.170. The summed E-state index contributed by atoms with van der Waals surface area (Å²) in [5.74, 6) is -0.199. The molecule has 0 saturated heterocycles. The van der Waals surface area contributed by atoms with Gasteiger partial charge < -0.3 is 14.2 Å². The summed E-state index contributed by atoms with van der Waals surface area (Å²) >= 11 is 0. The molecule has 6 heteroatoms. The van der Waals surface area contributed by atoms with Gasteiger partial charge in [0, 0.05) is 11.6 Å². The molecule has 0 aromatic heterocycles. The zero-order valence-electron chi connectivity index (χ0n) is 18.1. The summed E-state index contributed by atoms with van der Waals surface area (Å²) in [6.45, 7) is 1.98. The molecule has 0 bridgehead atoms. The van der Waals surface area contributed by atoms with Gasteiger partial charge in [0.2, 0.25) is 5.90 Å². The number of hydrogen-bond acceptors (Lipinski definition) is 6. The number of aliphatic imine (C=N–C) groups is 1. The van der Waals surface area contributed by atoms with Gasteiger partial charge in [0.05, 0.1) is 7.11 Å². The molecule has 3 aromatic rings. The van der Waals surface area contributed by atoms with Crippen LogP contribution in [0.25, 0.3) is 12.2 Å². The first kappa shape index (κ1) is 21.8. The van der Waals surface area contributed by atoms with Gasteiger partial charge in [-0.15, -0.1) is 0 Å². The molecule has 0 atom stereocenters. The van der Waals surface area contributed by atoms with Crippen LogP contribution in [-0.4, -0.2) is 24.9 Å². The average Bonchev–Trinajstić information content (AvgIpc) is 3.19. The van der Waals surface area contributed by atoms with Crippen LogP contribution in [0.3, 0.4) is 0 Å². The largest absolute Gasteiger partial charge is 0.493 e. The second-order valence-corrected chi connectivity index (χ2v) is 7.28. The minimum atomic E-state index is -0.536. The number of ether oxygens (including phenoxy) is 3. The molecule has 1 aliphatic heterocycles. The zero-order valence-corrected chi connectivity index (χ0v) is 18.1. The minimum Gasteiger partial charge on any atom is -0.493 e. The predicted octanol–water partition coefficient (Wildman–Crippen LogP) is 4.97. The summed E-state index contributed by atoms with van der Waals surface area (Å²) in [5, 5.41) is 0. The highest BCUT2D eigenvalue weighted by Crippen LogP contribution is 2.30. The fraction of sp³-hybridized carbons (Fsp3) is 0.0741. The van der Waals surface area contributed by atoms with E-state index in [2.05, 4.69) is 4.99 Å². The number of methoxy groups -OCH3 is 1. The third-order valence-corrected chi connectivity index (χ3v) is 4.83. The smallest absolute Gasteiger partial charge is 0.363 e. The van der Waals surface area contributed by atoms with Crippen LogP contribution in [0.15, 0.2) is 89.6 Å². The van der Waals surface area contributed by atoms with E-state index in [4.69, 9.17) is 14.2 Å². The van der Waals surface area contributed by atoms with Crippen LogP contribution in [0.2, 0.25) is 0 Å². The Balaban J connectivity index is 1.51. The first-order chi connectivity index (χ1) is 16.0. The lowest BCUT2D eigenvalue weighted by molar-refractivity contribution is -0.130. The van der Waals surface area contributed by atoms with Gasteiger partial charge in [0.25, 0.3) is 0 Å². The highest BCUT2D eigenvalue weighted by atomic mass is 16.6. The molecular formula is C27H21NO5. The first-order valence-electron chi connectivity index (χ1n) is 10.2. The summed E-state index contributed by atoms with van der Waals surface area (Å²) in [4.78, 5) is 28.8. The lowest BCUT2D eigenvalue weighted by atomic mass is 10.1. The first-order valence-corrected chi connectivity index (χ1v) is 10.2. The monoisotopic (exact) mass is 439 g/mol. The summed E-state index contributed by atoms with van der Waals surface area (Å²) < 4.78 is 16.1. The number of carbonyl (C=O) groups is 2. The van der Waals surface area contributed by atoms with Crippen molar-refractivity contribution in [3.8, 4) is 11.5 Å². The fourth-order valence-corrected chi connectivity index (χ4v) is 3.12. The van der Waals surface area contributed by atoms with Crippen molar-refractivity contribution >= 4 is 30.0 Å². The van der Waals surface area contributed by atoms with Crippen molar-refractivity contribution in [1.29, 1.82) is 0 Å². The van der Waals surface area contributed by atoms with Crippen molar-refractivity contribution in [3.05, 3.63) is 107 Å². The fourth-order valence-electron chi connectivity index (χ4n) is 3.12. The number of cyclic esters (lactones) is 1. The molecule has 6 nitrogen and oxygen atoms in total. The van der Waals surface area contributed by atoms with Gasteiger partial charge in [0.15, 0.2) is 17.2 Å². The molecule has 1 aliphatic rings. The lowest BCUT2D eigenvalue weighted by Gasteiger charge is -2.08. The predicted molar refractivity (Wildman–Crippen MR) is 126 cm³/mol. The third-order valence-electron chi connectivity index (χ3n) is 4.83.